The van der Waals surface area contributed by atoms with Gasteiger partial charge in [0.1, 0.15) is 11.6 Å². The van der Waals surface area contributed by atoms with Crippen molar-refractivity contribution < 1.29 is 17.2 Å². The second-order valence-corrected chi connectivity index (χ2v) is 6.97. The zero-order valence-corrected chi connectivity index (χ0v) is 13.3. The van der Waals surface area contributed by atoms with Crippen molar-refractivity contribution in [3.8, 4) is 0 Å². The molecule has 0 saturated heterocycles. The minimum absolute atomic E-state index is 0.0915. The summed E-state index contributed by atoms with van der Waals surface area (Å²) in [5.41, 5.74) is 1.92. The Morgan fingerprint density at radius 3 is 2.27 bits per heavy atom. The molecule has 0 aliphatic carbocycles. The highest BCUT2D eigenvalue weighted by Crippen LogP contribution is 2.21. The van der Waals surface area contributed by atoms with Crippen molar-refractivity contribution >= 4 is 10.0 Å². The van der Waals surface area contributed by atoms with Crippen LogP contribution in [0, 0.1) is 25.5 Å². The minimum Gasteiger partial charge on any atom is -0.207 e. The predicted octanol–water partition coefficient (Wildman–Crippen LogP) is 3.62. The van der Waals surface area contributed by atoms with Crippen molar-refractivity contribution in [2.45, 2.75) is 31.7 Å². The Bertz CT molecular complexity index is 804. The van der Waals surface area contributed by atoms with Gasteiger partial charge >= 0.3 is 0 Å². The molecule has 0 bridgehead atoms. The molecule has 22 heavy (non-hydrogen) atoms. The molecule has 2 rings (SSSR count). The lowest BCUT2D eigenvalue weighted by Crippen LogP contribution is -2.27. The lowest BCUT2D eigenvalue weighted by molar-refractivity contribution is 0.540. The van der Waals surface area contributed by atoms with Crippen molar-refractivity contribution in [1.29, 1.82) is 0 Å². The molecule has 118 valence electrons. The fourth-order valence-corrected chi connectivity index (χ4v) is 3.41. The lowest BCUT2D eigenvalue weighted by Gasteiger charge is -2.16. The van der Waals surface area contributed by atoms with Gasteiger partial charge in [-0.05, 0) is 50.1 Å². The summed E-state index contributed by atoms with van der Waals surface area (Å²) in [6.45, 7) is 5.21. The first-order chi connectivity index (χ1) is 10.2. The molecule has 1 N–H and O–H groups in total. The number of hydrogen-bond donors (Lipinski definition) is 1. The fourth-order valence-electron chi connectivity index (χ4n) is 2.10. The zero-order valence-electron chi connectivity index (χ0n) is 12.5. The molecule has 0 aromatic heterocycles. The van der Waals surface area contributed by atoms with Gasteiger partial charge in [0.05, 0.1) is 4.90 Å². The van der Waals surface area contributed by atoms with Crippen LogP contribution in [0.25, 0.3) is 0 Å². The Hall–Kier alpha value is -1.79. The summed E-state index contributed by atoms with van der Waals surface area (Å²) in [7, 11) is -3.78. The number of halogens is 2. The zero-order chi connectivity index (χ0) is 16.5. The van der Waals surface area contributed by atoms with Gasteiger partial charge in [0, 0.05) is 17.7 Å². The highest BCUT2D eigenvalue weighted by Gasteiger charge is 2.21. The summed E-state index contributed by atoms with van der Waals surface area (Å²) in [5.74, 6) is -1.49. The molecule has 1 atom stereocenters. The van der Waals surface area contributed by atoms with E-state index in [-0.39, 0.29) is 10.5 Å². The first-order valence-corrected chi connectivity index (χ1v) is 8.23. The van der Waals surface area contributed by atoms with Gasteiger partial charge in [-0.25, -0.2) is 21.9 Å². The number of benzene rings is 2. The monoisotopic (exact) mass is 325 g/mol. The molecule has 0 heterocycles. The smallest absolute Gasteiger partial charge is 0.207 e. The first-order valence-electron chi connectivity index (χ1n) is 6.75. The summed E-state index contributed by atoms with van der Waals surface area (Å²) in [6.07, 6.45) is 0. The van der Waals surface area contributed by atoms with Crippen LogP contribution in [0.4, 0.5) is 8.78 Å². The number of nitrogens with one attached hydrogen (secondary N) is 1. The van der Waals surface area contributed by atoms with Gasteiger partial charge in [0.2, 0.25) is 10.0 Å². The van der Waals surface area contributed by atoms with Gasteiger partial charge in [-0.3, -0.25) is 0 Å². The molecule has 0 amide bonds. The van der Waals surface area contributed by atoms with E-state index >= 15 is 0 Å². The van der Waals surface area contributed by atoms with Crippen molar-refractivity contribution in [3.05, 3.63) is 64.7 Å². The third-order valence-corrected chi connectivity index (χ3v) is 5.09. The molecule has 0 saturated carbocycles. The molecule has 3 nitrogen and oxygen atoms in total. The maximum atomic E-state index is 13.7. The van der Waals surface area contributed by atoms with Crippen molar-refractivity contribution in [1.82, 2.24) is 4.72 Å². The fraction of sp³-hybridized carbons (Fsp3) is 0.250. The van der Waals surface area contributed by atoms with Gasteiger partial charge in [-0.15, -0.1) is 0 Å². The average molecular weight is 325 g/mol. The van der Waals surface area contributed by atoms with Crippen LogP contribution in [0.2, 0.25) is 0 Å². The number of sulfonamides is 1. The van der Waals surface area contributed by atoms with Crippen LogP contribution in [0.15, 0.2) is 41.3 Å². The minimum atomic E-state index is -3.78. The molecule has 0 aliphatic heterocycles. The standard InChI is InChI=1S/C16H17F2NO2S/c1-10-4-6-14(8-11(10)2)22(20,21)19-12(3)15-7-5-13(17)9-16(15)18/h4-9,12,19H,1-3H3/t12-/m1/s1. The van der Waals surface area contributed by atoms with Gasteiger partial charge in [0.15, 0.2) is 0 Å². The lowest BCUT2D eigenvalue weighted by atomic mass is 10.1. The van der Waals surface area contributed by atoms with Crippen LogP contribution >= 0.6 is 0 Å². The highest BCUT2D eigenvalue weighted by molar-refractivity contribution is 7.89. The van der Waals surface area contributed by atoms with E-state index in [2.05, 4.69) is 4.72 Å². The third kappa shape index (κ3) is 3.51. The maximum Gasteiger partial charge on any atom is 0.241 e. The molecular weight excluding hydrogens is 308 g/mol. The normalized spacial score (nSPS) is 13.1. The van der Waals surface area contributed by atoms with Crippen LogP contribution in [-0.2, 0) is 10.0 Å². The summed E-state index contributed by atoms with van der Waals surface area (Å²) in [5, 5.41) is 0. The summed E-state index contributed by atoms with van der Waals surface area (Å²) >= 11 is 0. The van der Waals surface area contributed by atoms with Crippen LogP contribution in [0.3, 0.4) is 0 Å². The summed E-state index contributed by atoms with van der Waals surface area (Å²) in [6, 6.07) is 7.03. The van der Waals surface area contributed by atoms with Gasteiger partial charge in [-0.2, -0.15) is 0 Å². The van der Waals surface area contributed by atoms with Crippen LogP contribution in [-0.4, -0.2) is 8.42 Å². The SMILES string of the molecule is Cc1ccc(S(=O)(=O)N[C@H](C)c2ccc(F)cc2F)cc1C. The second-order valence-electron chi connectivity index (χ2n) is 5.25. The molecule has 2 aromatic rings. The molecule has 0 spiro atoms. The van der Waals surface area contributed by atoms with E-state index in [0.717, 1.165) is 23.3 Å². The molecule has 0 aliphatic rings. The number of rotatable bonds is 4. The van der Waals surface area contributed by atoms with E-state index in [9.17, 15) is 17.2 Å². The Morgan fingerprint density at radius 2 is 1.68 bits per heavy atom. The van der Waals surface area contributed by atoms with E-state index in [0.29, 0.717) is 0 Å². The third-order valence-electron chi connectivity index (χ3n) is 3.55. The highest BCUT2D eigenvalue weighted by atomic mass is 32.2. The van der Waals surface area contributed by atoms with E-state index in [1.807, 2.05) is 13.8 Å². The summed E-state index contributed by atoms with van der Waals surface area (Å²) < 4.78 is 53.7. The van der Waals surface area contributed by atoms with Crippen LogP contribution in [0.5, 0.6) is 0 Å². The van der Waals surface area contributed by atoms with Crippen molar-refractivity contribution in [3.63, 3.8) is 0 Å². The van der Waals surface area contributed by atoms with Gasteiger partial charge in [-0.1, -0.05) is 12.1 Å². The predicted molar refractivity (Wildman–Crippen MR) is 81.0 cm³/mol. The van der Waals surface area contributed by atoms with E-state index in [1.54, 1.807) is 12.1 Å². The quantitative estimate of drug-likeness (QED) is 0.933. The largest absolute Gasteiger partial charge is 0.241 e. The Morgan fingerprint density at radius 1 is 1.00 bits per heavy atom. The maximum absolute atomic E-state index is 13.7. The number of aryl methyl sites for hydroxylation is 2. The Balaban J connectivity index is 2.29. The first kappa shape index (κ1) is 16.6. The molecule has 0 radical (unpaired) electrons. The van der Waals surface area contributed by atoms with E-state index in [1.165, 1.54) is 19.1 Å². The molecule has 0 unspecified atom stereocenters. The average Bonchev–Trinajstić information content (AvgIpc) is 2.40. The molecular formula is C16H17F2NO2S. The Kier molecular flexibility index (Phi) is 4.63. The van der Waals surface area contributed by atoms with E-state index in [4.69, 9.17) is 0 Å². The van der Waals surface area contributed by atoms with Gasteiger partial charge < -0.3 is 0 Å². The molecule has 0 fully saturated rings. The van der Waals surface area contributed by atoms with Crippen LogP contribution < -0.4 is 4.72 Å². The Labute approximate surface area is 129 Å². The summed E-state index contributed by atoms with van der Waals surface area (Å²) in [4.78, 5) is 0.116. The van der Waals surface area contributed by atoms with Gasteiger partial charge in [0.25, 0.3) is 0 Å². The second kappa shape index (κ2) is 6.14. The molecule has 2 aromatic carbocycles. The van der Waals surface area contributed by atoms with Crippen LogP contribution in [0.1, 0.15) is 29.7 Å². The molecule has 6 heteroatoms. The van der Waals surface area contributed by atoms with E-state index < -0.39 is 27.7 Å². The van der Waals surface area contributed by atoms with Crippen molar-refractivity contribution in [2.75, 3.05) is 0 Å². The topological polar surface area (TPSA) is 46.2 Å². The number of hydrogen-bond acceptors (Lipinski definition) is 2. The van der Waals surface area contributed by atoms with Crippen molar-refractivity contribution in [2.24, 2.45) is 0 Å².